The molecule has 4 unspecified atom stereocenters. The van der Waals surface area contributed by atoms with Crippen LogP contribution in [-0.2, 0) is 28.7 Å². The lowest BCUT2D eigenvalue weighted by Gasteiger charge is -2.31. The van der Waals surface area contributed by atoms with E-state index in [0.29, 0.717) is 6.42 Å². The Hall–Kier alpha value is -1.98. The number of esters is 4. The number of allylic oxidation sites excluding steroid dienone is 1. The first-order valence-electron chi connectivity index (χ1n) is 7.10. The molecule has 0 amide bonds. The summed E-state index contributed by atoms with van der Waals surface area (Å²) in [5.41, 5.74) is 0.819. The van der Waals surface area contributed by atoms with Crippen molar-refractivity contribution in [3.8, 4) is 0 Å². The van der Waals surface area contributed by atoms with Crippen molar-refractivity contribution in [3.63, 3.8) is 0 Å². The number of fused-ring (bicyclic) bond motifs is 1. The van der Waals surface area contributed by atoms with Gasteiger partial charge < -0.3 is 9.47 Å². The summed E-state index contributed by atoms with van der Waals surface area (Å²) in [5.74, 6) is -3.96. The second-order valence-corrected chi connectivity index (χ2v) is 6.15. The first kappa shape index (κ1) is 14.0. The topological polar surface area (TPSA) is 86.7 Å². The summed E-state index contributed by atoms with van der Waals surface area (Å²) >= 11 is 0. The van der Waals surface area contributed by atoms with E-state index < -0.39 is 41.6 Å². The maximum absolute atomic E-state index is 11.8. The number of hydrogen-bond donors (Lipinski definition) is 0. The first-order chi connectivity index (χ1) is 9.88. The van der Waals surface area contributed by atoms with Gasteiger partial charge in [-0.05, 0) is 18.3 Å². The van der Waals surface area contributed by atoms with E-state index in [4.69, 9.17) is 4.74 Å². The highest BCUT2D eigenvalue weighted by atomic mass is 16.6. The van der Waals surface area contributed by atoms with Crippen LogP contribution in [0.2, 0.25) is 0 Å². The van der Waals surface area contributed by atoms with Crippen molar-refractivity contribution in [1.29, 1.82) is 0 Å². The minimum atomic E-state index is -0.560. The summed E-state index contributed by atoms with van der Waals surface area (Å²) in [7, 11) is 0. The number of hydrogen-bond acceptors (Lipinski definition) is 6. The van der Waals surface area contributed by atoms with E-state index in [-0.39, 0.29) is 18.3 Å². The molecule has 0 radical (unpaired) electrons. The van der Waals surface area contributed by atoms with Gasteiger partial charge in [-0.1, -0.05) is 25.5 Å². The molecule has 0 aromatic carbocycles. The molecule has 0 aromatic rings. The van der Waals surface area contributed by atoms with Crippen LogP contribution in [0.4, 0.5) is 0 Å². The predicted octanol–water partition coefficient (Wildman–Crippen LogP) is 0.994. The monoisotopic (exact) mass is 292 g/mol. The fraction of sp³-hybridized carbons (Fsp3) is 0.600. The summed E-state index contributed by atoms with van der Waals surface area (Å²) in [5, 5.41) is 0. The largest absolute Gasteiger partial charge is 0.393 e. The van der Waals surface area contributed by atoms with Crippen molar-refractivity contribution in [2.45, 2.75) is 26.7 Å². The molecule has 21 heavy (non-hydrogen) atoms. The van der Waals surface area contributed by atoms with E-state index >= 15 is 0 Å². The molecule has 0 bridgehead atoms. The van der Waals surface area contributed by atoms with E-state index in [9.17, 15) is 19.2 Å². The van der Waals surface area contributed by atoms with Crippen LogP contribution in [-0.4, -0.2) is 23.9 Å². The third kappa shape index (κ3) is 2.18. The van der Waals surface area contributed by atoms with E-state index in [1.54, 1.807) is 0 Å². The molecule has 3 rings (SSSR count). The lowest BCUT2D eigenvalue weighted by Crippen LogP contribution is -2.33. The van der Waals surface area contributed by atoms with Crippen LogP contribution >= 0.6 is 0 Å². The molecule has 0 aromatic heterocycles. The molecular formula is C15H16O6. The molecule has 3 aliphatic rings. The van der Waals surface area contributed by atoms with Crippen molar-refractivity contribution in [3.05, 3.63) is 11.6 Å². The Labute approximate surface area is 121 Å². The third-order valence-electron chi connectivity index (χ3n) is 4.54. The molecule has 2 fully saturated rings. The molecule has 2 aliphatic heterocycles. The van der Waals surface area contributed by atoms with Gasteiger partial charge in [-0.15, -0.1) is 0 Å². The zero-order valence-corrected chi connectivity index (χ0v) is 11.8. The number of cyclic esters (lactones) is 4. The quantitative estimate of drug-likeness (QED) is 0.428. The van der Waals surface area contributed by atoms with Crippen LogP contribution < -0.4 is 0 Å². The maximum atomic E-state index is 11.8. The molecule has 1 aliphatic carbocycles. The maximum Gasteiger partial charge on any atom is 0.321 e. The highest BCUT2D eigenvalue weighted by Gasteiger charge is 2.52. The molecule has 6 heteroatoms. The summed E-state index contributed by atoms with van der Waals surface area (Å²) in [6.45, 7) is 3.86. The third-order valence-corrected chi connectivity index (χ3v) is 4.54. The van der Waals surface area contributed by atoms with Gasteiger partial charge in [0.15, 0.2) is 0 Å². The second-order valence-electron chi connectivity index (χ2n) is 6.15. The highest BCUT2D eigenvalue weighted by Crippen LogP contribution is 2.45. The van der Waals surface area contributed by atoms with Gasteiger partial charge >= 0.3 is 23.9 Å². The zero-order valence-electron chi connectivity index (χ0n) is 11.8. The Morgan fingerprint density at radius 2 is 1.67 bits per heavy atom. The van der Waals surface area contributed by atoms with E-state index in [0.717, 1.165) is 5.57 Å². The molecule has 0 spiro atoms. The minimum absolute atomic E-state index is 0.0335. The van der Waals surface area contributed by atoms with Crippen molar-refractivity contribution >= 4 is 23.9 Å². The van der Waals surface area contributed by atoms with Gasteiger partial charge in [0.1, 0.15) is 0 Å². The zero-order chi connectivity index (χ0) is 15.3. The Morgan fingerprint density at radius 3 is 2.24 bits per heavy atom. The van der Waals surface area contributed by atoms with Crippen LogP contribution in [0.3, 0.4) is 0 Å². The Bertz CT molecular complexity index is 573. The first-order valence-corrected chi connectivity index (χ1v) is 7.10. The molecule has 2 saturated heterocycles. The molecule has 2 heterocycles. The van der Waals surface area contributed by atoms with Gasteiger partial charge in [0.25, 0.3) is 0 Å². The fourth-order valence-electron chi connectivity index (χ4n) is 3.50. The van der Waals surface area contributed by atoms with Gasteiger partial charge in [0.05, 0.1) is 24.2 Å². The van der Waals surface area contributed by atoms with Crippen LogP contribution in [0.5, 0.6) is 0 Å². The van der Waals surface area contributed by atoms with Gasteiger partial charge in [-0.25, -0.2) is 0 Å². The smallest absolute Gasteiger partial charge is 0.321 e. The molecular weight excluding hydrogens is 276 g/mol. The SMILES string of the molecule is CC(C)C1=CC(C2CC(=O)OC2=O)CC2C(=O)OC(=O)C12. The summed E-state index contributed by atoms with van der Waals surface area (Å²) in [4.78, 5) is 46.7. The number of ether oxygens (including phenoxy) is 2. The average Bonchev–Trinajstić information content (AvgIpc) is 2.89. The molecule has 6 nitrogen and oxygen atoms in total. The van der Waals surface area contributed by atoms with Gasteiger partial charge in [0.2, 0.25) is 0 Å². The van der Waals surface area contributed by atoms with E-state index in [2.05, 4.69) is 4.74 Å². The highest BCUT2D eigenvalue weighted by molar-refractivity contribution is 5.99. The standard InChI is InChI=1S/C15H16O6/c1-6(2)8-3-7(9-5-11(16)20-13(9)17)4-10-12(8)15(19)21-14(10)18/h3,6-7,9-10,12H,4-5H2,1-2H3. The summed E-state index contributed by atoms with van der Waals surface area (Å²) < 4.78 is 9.34. The Kier molecular flexibility index (Phi) is 3.19. The number of carbonyl (C=O) groups excluding carboxylic acids is 4. The van der Waals surface area contributed by atoms with E-state index in [1.807, 2.05) is 19.9 Å². The van der Waals surface area contributed by atoms with Crippen molar-refractivity contribution in [2.75, 3.05) is 0 Å². The Balaban J connectivity index is 1.95. The summed E-state index contributed by atoms with van der Waals surface area (Å²) in [6.07, 6.45) is 2.25. The second kappa shape index (κ2) is 4.79. The molecule has 112 valence electrons. The minimum Gasteiger partial charge on any atom is -0.393 e. The van der Waals surface area contributed by atoms with Crippen LogP contribution in [0.1, 0.15) is 26.7 Å². The van der Waals surface area contributed by atoms with Gasteiger partial charge in [-0.3, -0.25) is 19.2 Å². The number of rotatable bonds is 2. The molecule has 4 atom stereocenters. The fourth-order valence-corrected chi connectivity index (χ4v) is 3.50. The lowest BCUT2D eigenvalue weighted by atomic mass is 9.69. The van der Waals surface area contributed by atoms with Gasteiger partial charge in [0, 0.05) is 0 Å². The van der Waals surface area contributed by atoms with Crippen LogP contribution in [0.15, 0.2) is 11.6 Å². The van der Waals surface area contributed by atoms with Crippen LogP contribution in [0.25, 0.3) is 0 Å². The van der Waals surface area contributed by atoms with E-state index in [1.165, 1.54) is 0 Å². The predicted molar refractivity (Wildman–Crippen MR) is 68.3 cm³/mol. The van der Waals surface area contributed by atoms with Gasteiger partial charge in [-0.2, -0.15) is 0 Å². The van der Waals surface area contributed by atoms with Crippen LogP contribution in [0, 0.1) is 29.6 Å². The summed E-state index contributed by atoms with van der Waals surface area (Å²) in [6, 6.07) is 0. The molecule has 0 saturated carbocycles. The molecule has 0 N–H and O–H groups in total. The van der Waals surface area contributed by atoms with Crippen molar-refractivity contribution < 1.29 is 28.7 Å². The number of carbonyl (C=O) groups is 4. The Morgan fingerprint density at radius 1 is 1.00 bits per heavy atom. The van der Waals surface area contributed by atoms with Crippen molar-refractivity contribution in [2.24, 2.45) is 29.6 Å². The lowest BCUT2D eigenvalue weighted by molar-refractivity contribution is -0.155. The normalized spacial score (nSPS) is 35.7. The van der Waals surface area contributed by atoms with Crippen molar-refractivity contribution in [1.82, 2.24) is 0 Å². The average molecular weight is 292 g/mol.